The van der Waals surface area contributed by atoms with Crippen LogP contribution in [0.1, 0.15) is 51.9 Å². The van der Waals surface area contributed by atoms with Gasteiger partial charge in [-0.05, 0) is 38.1 Å². The molecule has 0 bridgehead atoms. The average molecular weight is 278 g/mol. The molecule has 0 aromatic rings. The highest BCUT2D eigenvalue weighted by Gasteiger charge is 2.50. The van der Waals surface area contributed by atoms with Gasteiger partial charge < -0.3 is 5.32 Å². The minimum atomic E-state index is 0.00774. The van der Waals surface area contributed by atoms with Gasteiger partial charge in [0.1, 0.15) is 0 Å². The van der Waals surface area contributed by atoms with Crippen LogP contribution in [-0.2, 0) is 9.59 Å². The van der Waals surface area contributed by atoms with Gasteiger partial charge in [-0.25, -0.2) is 0 Å². The molecule has 2 aliphatic carbocycles. The number of hydrogen-bond acceptors (Lipinski definition) is 3. The monoisotopic (exact) mass is 278 g/mol. The predicted octanol–water partition coefficient (Wildman–Crippen LogP) is 1.94. The number of likely N-dealkylation sites (tertiary alicyclic amines) is 1. The molecule has 3 unspecified atom stereocenters. The number of hydrogen-bond donors (Lipinski definition) is 1. The van der Waals surface area contributed by atoms with Gasteiger partial charge in [-0.2, -0.15) is 0 Å². The van der Waals surface area contributed by atoms with Gasteiger partial charge in [0.2, 0.25) is 11.8 Å². The largest absolute Gasteiger partial charge is 0.312 e. The summed E-state index contributed by atoms with van der Waals surface area (Å²) in [7, 11) is 0. The summed E-state index contributed by atoms with van der Waals surface area (Å²) in [6.07, 6.45) is 7.93. The van der Waals surface area contributed by atoms with Gasteiger partial charge in [0, 0.05) is 12.6 Å². The lowest BCUT2D eigenvalue weighted by Gasteiger charge is -2.28. The van der Waals surface area contributed by atoms with Gasteiger partial charge in [-0.1, -0.05) is 26.2 Å². The summed E-state index contributed by atoms with van der Waals surface area (Å²) in [5.74, 6) is 0.870. The summed E-state index contributed by atoms with van der Waals surface area (Å²) in [6.45, 7) is 3.61. The van der Waals surface area contributed by atoms with Crippen molar-refractivity contribution in [3.63, 3.8) is 0 Å². The van der Waals surface area contributed by atoms with Crippen molar-refractivity contribution in [1.82, 2.24) is 10.2 Å². The number of carbonyl (C=O) groups excluding carboxylic acids is 2. The van der Waals surface area contributed by atoms with E-state index in [0.29, 0.717) is 18.5 Å². The zero-order valence-corrected chi connectivity index (χ0v) is 12.4. The molecule has 1 heterocycles. The maximum atomic E-state index is 12.4. The third-order valence-corrected chi connectivity index (χ3v) is 5.50. The lowest BCUT2D eigenvalue weighted by Crippen LogP contribution is -2.47. The molecule has 3 fully saturated rings. The van der Waals surface area contributed by atoms with Gasteiger partial charge in [0.15, 0.2) is 0 Å². The Kier molecular flexibility index (Phi) is 4.11. The van der Waals surface area contributed by atoms with E-state index in [-0.39, 0.29) is 23.7 Å². The van der Waals surface area contributed by atoms with Gasteiger partial charge >= 0.3 is 0 Å². The third-order valence-electron chi connectivity index (χ3n) is 5.50. The quantitative estimate of drug-likeness (QED) is 0.782. The molecule has 1 saturated heterocycles. The Morgan fingerprint density at radius 2 is 1.65 bits per heavy atom. The summed E-state index contributed by atoms with van der Waals surface area (Å²) in [5.41, 5.74) is 0. The van der Waals surface area contributed by atoms with E-state index in [4.69, 9.17) is 0 Å². The van der Waals surface area contributed by atoms with Crippen molar-refractivity contribution >= 4 is 11.8 Å². The Bertz CT molecular complexity index is 368. The fraction of sp³-hybridized carbons (Fsp3) is 0.875. The molecule has 0 spiro atoms. The molecule has 0 aromatic heterocycles. The summed E-state index contributed by atoms with van der Waals surface area (Å²) in [4.78, 5) is 26.4. The van der Waals surface area contributed by atoms with Crippen molar-refractivity contribution in [2.24, 2.45) is 17.8 Å². The van der Waals surface area contributed by atoms with Gasteiger partial charge in [0.05, 0.1) is 11.8 Å². The number of likely N-dealkylation sites (N-methyl/N-ethyl adjacent to an activating group) is 1. The molecule has 2 saturated carbocycles. The molecule has 3 rings (SSSR count). The van der Waals surface area contributed by atoms with E-state index < -0.39 is 0 Å². The first-order valence-corrected chi connectivity index (χ1v) is 8.31. The van der Waals surface area contributed by atoms with E-state index in [1.165, 1.54) is 25.7 Å². The van der Waals surface area contributed by atoms with Crippen LogP contribution in [-0.4, -0.2) is 35.8 Å². The van der Waals surface area contributed by atoms with Crippen LogP contribution in [0.4, 0.5) is 0 Å². The fourth-order valence-electron chi connectivity index (χ4n) is 4.44. The highest BCUT2D eigenvalue weighted by molar-refractivity contribution is 6.05. The second-order valence-electron chi connectivity index (χ2n) is 6.64. The number of nitrogens with one attached hydrogen (secondary N) is 1. The van der Waals surface area contributed by atoms with Crippen molar-refractivity contribution in [1.29, 1.82) is 0 Å². The van der Waals surface area contributed by atoms with E-state index in [9.17, 15) is 9.59 Å². The number of amides is 2. The summed E-state index contributed by atoms with van der Waals surface area (Å²) < 4.78 is 0. The van der Waals surface area contributed by atoms with Crippen molar-refractivity contribution < 1.29 is 9.59 Å². The number of fused-ring (bicyclic) bond motifs is 1. The van der Waals surface area contributed by atoms with Gasteiger partial charge in [-0.15, -0.1) is 0 Å². The van der Waals surface area contributed by atoms with Crippen molar-refractivity contribution in [2.45, 2.75) is 57.9 Å². The van der Waals surface area contributed by atoms with E-state index >= 15 is 0 Å². The van der Waals surface area contributed by atoms with Gasteiger partial charge in [-0.3, -0.25) is 14.5 Å². The second-order valence-corrected chi connectivity index (χ2v) is 6.64. The molecule has 4 heteroatoms. The van der Waals surface area contributed by atoms with E-state index in [1.54, 1.807) is 4.90 Å². The van der Waals surface area contributed by atoms with Crippen LogP contribution in [0, 0.1) is 17.8 Å². The highest BCUT2D eigenvalue weighted by atomic mass is 16.2. The molecule has 2 amide bonds. The molecule has 4 nitrogen and oxygen atoms in total. The number of imide groups is 1. The molecule has 20 heavy (non-hydrogen) atoms. The van der Waals surface area contributed by atoms with Crippen LogP contribution < -0.4 is 5.32 Å². The predicted molar refractivity (Wildman–Crippen MR) is 77.0 cm³/mol. The van der Waals surface area contributed by atoms with Crippen molar-refractivity contribution in [2.75, 3.05) is 13.1 Å². The first-order chi connectivity index (χ1) is 9.72. The van der Waals surface area contributed by atoms with Crippen LogP contribution in [0.2, 0.25) is 0 Å². The molecule has 3 aliphatic rings. The summed E-state index contributed by atoms with van der Waals surface area (Å²) in [5, 5.41) is 3.51. The first-order valence-electron chi connectivity index (χ1n) is 8.31. The lowest BCUT2D eigenvalue weighted by molar-refractivity contribution is -0.140. The smallest absolute Gasteiger partial charge is 0.233 e. The molecule has 3 atom stereocenters. The molecule has 1 N–H and O–H groups in total. The molecular weight excluding hydrogens is 252 g/mol. The van der Waals surface area contributed by atoms with Crippen molar-refractivity contribution in [3.05, 3.63) is 0 Å². The molecule has 112 valence electrons. The summed E-state index contributed by atoms with van der Waals surface area (Å²) >= 11 is 0. The first kappa shape index (κ1) is 14.1. The Balaban J connectivity index is 1.68. The van der Waals surface area contributed by atoms with Crippen LogP contribution in [0.5, 0.6) is 0 Å². The Morgan fingerprint density at radius 1 is 1.05 bits per heavy atom. The molecule has 0 aromatic carbocycles. The maximum absolute atomic E-state index is 12.4. The normalized spacial score (nSPS) is 32.1. The Hall–Kier alpha value is -0.900. The second kappa shape index (κ2) is 5.84. The Labute approximate surface area is 121 Å². The minimum absolute atomic E-state index is 0.00774. The number of rotatable bonds is 5. The average Bonchev–Trinajstić information content (AvgIpc) is 3.14. The van der Waals surface area contributed by atoms with E-state index in [0.717, 1.165) is 25.8 Å². The van der Waals surface area contributed by atoms with Crippen molar-refractivity contribution in [3.8, 4) is 0 Å². The molecule has 0 radical (unpaired) electrons. The maximum Gasteiger partial charge on any atom is 0.233 e. The highest BCUT2D eigenvalue weighted by Crippen LogP contribution is 2.40. The molecule has 1 aliphatic heterocycles. The standard InChI is InChI=1S/C16H26N2O2/c1-2-17-14(11-6-3-4-7-11)10-18-15(19)12-8-5-9-13(12)16(18)20/h11-14,17H,2-10H2,1H3. The van der Waals surface area contributed by atoms with E-state index in [1.807, 2.05) is 0 Å². The zero-order valence-electron chi connectivity index (χ0n) is 12.4. The number of carbonyl (C=O) groups is 2. The minimum Gasteiger partial charge on any atom is -0.312 e. The topological polar surface area (TPSA) is 49.4 Å². The van der Waals surface area contributed by atoms with Crippen LogP contribution in [0.3, 0.4) is 0 Å². The Morgan fingerprint density at radius 3 is 2.20 bits per heavy atom. The SMILES string of the molecule is CCNC(CN1C(=O)C2CCCC2C1=O)C1CCCC1. The van der Waals surface area contributed by atoms with E-state index in [2.05, 4.69) is 12.2 Å². The van der Waals surface area contributed by atoms with Crippen LogP contribution in [0.25, 0.3) is 0 Å². The van der Waals surface area contributed by atoms with Crippen LogP contribution in [0.15, 0.2) is 0 Å². The molecular formula is C16H26N2O2. The third kappa shape index (κ3) is 2.39. The van der Waals surface area contributed by atoms with Crippen LogP contribution >= 0.6 is 0 Å². The zero-order chi connectivity index (χ0) is 14.1. The number of nitrogens with zero attached hydrogens (tertiary/aromatic N) is 1. The summed E-state index contributed by atoms with van der Waals surface area (Å²) in [6, 6.07) is 0.300. The lowest BCUT2D eigenvalue weighted by atomic mass is 9.97. The fourth-order valence-corrected chi connectivity index (χ4v) is 4.44. The van der Waals surface area contributed by atoms with Gasteiger partial charge in [0.25, 0.3) is 0 Å².